The van der Waals surface area contributed by atoms with Crippen molar-refractivity contribution in [2.45, 2.75) is 57.1 Å². The first-order chi connectivity index (χ1) is 8.73. The van der Waals surface area contributed by atoms with Gasteiger partial charge in [-0.1, -0.05) is 56.5 Å². The highest BCUT2D eigenvalue weighted by Crippen LogP contribution is 2.28. The molecule has 18 heavy (non-hydrogen) atoms. The lowest BCUT2D eigenvalue weighted by atomic mass is 9.84. The molecule has 0 bridgehead atoms. The lowest BCUT2D eigenvalue weighted by Gasteiger charge is -2.34. The molecule has 0 amide bonds. The number of hydrogen-bond acceptors (Lipinski definition) is 2. The van der Waals surface area contributed by atoms with Crippen LogP contribution >= 0.6 is 0 Å². The lowest BCUT2D eigenvalue weighted by molar-refractivity contribution is 0.00248. The molecule has 2 N–H and O–H groups in total. The third kappa shape index (κ3) is 3.56. The molecule has 0 spiro atoms. The van der Waals surface area contributed by atoms with Gasteiger partial charge in [0, 0.05) is 12.6 Å². The van der Waals surface area contributed by atoms with Gasteiger partial charge < -0.3 is 10.4 Å². The summed E-state index contributed by atoms with van der Waals surface area (Å²) in [5.41, 5.74) is 0.847. The van der Waals surface area contributed by atoms with Crippen LogP contribution in [0.25, 0.3) is 0 Å². The number of rotatable bonds is 5. The fraction of sp³-hybridized carbons (Fsp3) is 0.625. The Labute approximate surface area is 110 Å². The Bertz CT molecular complexity index is 343. The van der Waals surface area contributed by atoms with E-state index < -0.39 is 5.60 Å². The molecule has 1 atom stereocenters. The second kappa shape index (κ2) is 6.35. The zero-order valence-electron chi connectivity index (χ0n) is 11.4. The second-order valence-electron chi connectivity index (χ2n) is 5.54. The molecule has 100 valence electrons. The van der Waals surface area contributed by atoms with Crippen LogP contribution in [-0.4, -0.2) is 17.3 Å². The normalized spacial score (nSPS) is 20.6. The predicted molar refractivity (Wildman–Crippen MR) is 75.5 cm³/mol. The lowest BCUT2D eigenvalue weighted by Crippen LogP contribution is -2.43. The summed E-state index contributed by atoms with van der Waals surface area (Å²) in [5.74, 6) is 0. The summed E-state index contributed by atoms with van der Waals surface area (Å²) in [7, 11) is 0. The van der Waals surface area contributed by atoms with Gasteiger partial charge in [0.25, 0.3) is 0 Å². The van der Waals surface area contributed by atoms with Crippen molar-refractivity contribution in [2.75, 3.05) is 6.54 Å². The predicted octanol–water partition coefficient (Wildman–Crippen LogP) is 3.42. The van der Waals surface area contributed by atoms with Gasteiger partial charge >= 0.3 is 0 Å². The Morgan fingerprint density at radius 3 is 2.44 bits per heavy atom. The fourth-order valence-electron chi connectivity index (χ4n) is 2.88. The molecule has 2 heteroatoms. The van der Waals surface area contributed by atoms with Crippen molar-refractivity contribution >= 4 is 0 Å². The zero-order chi connectivity index (χ0) is 12.8. The van der Waals surface area contributed by atoms with E-state index in [0.717, 1.165) is 25.8 Å². The summed E-state index contributed by atoms with van der Waals surface area (Å²) in [4.78, 5) is 0. The van der Waals surface area contributed by atoms with Crippen molar-refractivity contribution in [1.82, 2.24) is 5.32 Å². The Morgan fingerprint density at radius 2 is 1.83 bits per heavy atom. The van der Waals surface area contributed by atoms with E-state index in [1.54, 1.807) is 0 Å². The van der Waals surface area contributed by atoms with E-state index in [-0.39, 0.29) is 0 Å². The van der Waals surface area contributed by atoms with E-state index in [0.29, 0.717) is 6.04 Å². The Morgan fingerprint density at radius 1 is 1.17 bits per heavy atom. The van der Waals surface area contributed by atoms with E-state index in [1.165, 1.54) is 24.8 Å². The van der Waals surface area contributed by atoms with Gasteiger partial charge in [0.1, 0.15) is 0 Å². The zero-order valence-corrected chi connectivity index (χ0v) is 11.4. The third-order valence-electron chi connectivity index (χ3n) is 4.07. The van der Waals surface area contributed by atoms with Gasteiger partial charge in [-0.3, -0.25) is 0 Å². The van der Waals surface area contributed by atoms with Gasteiger partial charge in [-0.2, -0.15) is 0 Å². The first-order valence-corrected chi connectivity index (χ1v) is 7.24. The molecule has 2 nitrogen and oxygen atoms in total. The van der Waals surface area contributed by atoms with Gasteiger partial charge in [-0.05, 0) is 24.8 Å². The highest BCUT2D eigenvalue weighted by Gasteiger charge is 2.29. The molecule has 1 aliphatic rings. The van der Waals surface area contributed by atoms with Crippen LogP contribution in [0.2, 0.25) is 0 Å². The number of benzene rings is 1. The van der Waals surface area contributed by atoms with Crippen molar-refractivity contribution in [3.63, 3.8) is 0 Å². The van der Waals surface area contributed by atoms with Crippen molar-refractivity contribution in [3.05, 3.63) is 35.9 Å². The van der Waals surface area contributed by atoms with Crippen LogP contribution in [0.5, 0.6) is 0 Å². The van der Waals surface area contributed by atoms with E-state index >= 15 is 0 Å². The van der Waals surface area contributed by atoms with Crippen LogP contribution in [0, 0.1) is 0 Å². The van der Waals surface area contributed by atoms with Gasteiger partial charge in [-0.15, -0.1) is 0 Å². The average molecular weight is 247 g/mol. The SMILES string of the molecule is CCC(NCC1(O)CCCCC1)c1ccccc1. The third-order valence-corrected chi connectivity index (χ3v) is 4.07. The first-order valence-electron chi connectivity index (χ1n) is 7.24. The molecule has 0 aliphatic heterocycles. The van der Waals surface area contributed by atoms with Crippen molar-refractivity contribution in [3.8, 4) is 0 Å². The molecule has 1 saturated carbocycles. The summed E-state index contributed by atoms with van der Waals surface area (Å²) >= 11 is 0. The molecule has 0 heterocycles. The van der Waals surface area contributed by atoms with Crippen LogP contribution < -0.4 is 5.32 Å². The molecular weight excluding hydrogens is 222 g/mol. The smallest absolute Gasteiger partial charge is 0.0771 e. The molecule has 0 radical (unpaired) electrons. The van der Waals surface area contributed by atoms with E-state index in [2.05, 4.69) is 36.5 Å². The number of aliphatic hydroxyl groups is 1. The van der Waals surface area contributed by atoms with Gasteiger partial charge in [0.2, 0.25) is 0 Å². The maximum absolute atomic E-state index is 10.5. The summed E-state index contributed by atoms with van der Waals surface area (Å²) in [6, 6.07) is 10.9. The Kier molecular flexibility index (Phi) is 4.79. The average Bonchev–Trinajstić information content (AvgIpc) is 2.41. The van der Waals surface area contributed by atoms with Crippen molar-refractivity contribution in [1.29, 1.82) is 0 Å². The van der Waals surface area contributed by atoms with Crippen molar-refractivity contribution < 1.29 is 5.11 Å². The number of nitrogens with one attached hydrogen (secondary N) is 1. The molecule has 1 aromatic rings. The monoisotopic (exact) mass is 247 g/mol. The van der Waals surface area contributed by atoms with E-state index in [4.69, 9.17) is 0 Å². The first kappa shape index (κ1) is 13.6. The second-order valence-corrected chi connectivity index (χ2v) is 5.54. The summed E-state index contributed by atoms with van der Waals surface area (Å²) in [6.07, 6.45) is 6.56. The Hall–Kier alpha value is -0.860. The summed E-state index contributed by atoms with van der Waals surface area (Å²) in [6.45, 7) is 2.91. The minimum atomic E-state index is -0.472. The number of hydrogen-bond donors (Lipinski definition) is 2. The fourth-order valence-corrected chi connectivity index (χ4v) is 2.88. The van der Waals surface area contributed by atoms with E-state index in [9.17, 15) is 5.11 Å². The molecule has 1 aliphatic carbocycles. The molecule has 0 aromatic heterocycles. The van der Waals surface area contributed by atoms with Gasteiger partial charge in [0.15, 0.2) is 0 Å². The topological polar surface area (TPSA) is 32.3 Å². The van der Waals surface area contributed by atoms with Crippen LogP contribution in [0.4, 0.5) is 0 Å². The molecule has 1 fully saturated rings. The van der Waals surface area contributed by atoms with Crippen molar-refractivity contribution in [2.24, 2.45) is 0 Å². The molecule has 1 unspecified atom stereocenters. The van der Waals surface area contributed by atoms with Crippen LogP contribution in [0.1, 0.15) is 57.1 Å². The molecule has 2 rings (SSSR count). The standard InChI is InChI=1S/C16H25NO/c1-2-15(14-9-5-3-6-10-14)17-13-16(18)11-7-4-8-12-16/h3,5-6,9-10,15,17-18H,2,4,7-8,11-13H2,1H3. The van der Waals surface area contributed by atoms with Crippen LogP contribution in [0.15, 0.2) is 30.3 Å². The summed E-state index contributed by atoms with van der Waals surface area (Å²) in [5, 5.41) is 14.0. The van der Waals surface area contributed by atoms with Gasteiger partial charge in [-0.25, -0.2) is 0 Å². The van der Waals surface area contributed by atoms with Gasteiger partial charge in [0.05, 0.1) is 5.60 Å². The maximum atomic E-state index is 10.5. The molecular formula is C16H25NO. The molecule has 1 aromatic carbocycles. The highest BCUT2D eigenvalue weighted by atomic mass is 16.3. The van der Waals surface area contributed by atoms with Crippen LogP contribution in [-0.2, 0) is 0 Å². The largest absolute Gasteiger partial charge is 0.389 e. The Balaban J connectivity index is 1.91. The van der Waals surface area contributed by atoms with E-state index in [1.807, 2.05) is 6.07 Å². The van der Waals surface area contributed by atoms with Crippen LogP contribution in [0.3, 0.4) is 0 Å². The summed E-state index contributed by atoms with van der Waals surface area (Å²) < 4.78 is 0. The minimum absolute atomic E-state index is 0.358. The minimum Gasteiger partial charge on any atom is -0.389 e. The molecule has 0 saturated heterocycles. The quantitative estimate of drug-likeness (QED) is 0.835. The highest BCUT2D eigenvalue weighted by molar-refractivity contribution is 5.18. The maximum Gasteiger partial charge on any atom is 0.0771 e.